The van der Waals surface area contributed by atoms with Crippen LogP contribution in [0.1, 0.15) is 13.2 Å². The van der Waals surface area contributed by atoms with Gasteiger partial charge in [-0.05, 0) is 19.1 Å². The molecule has 130 valence electrons. The molecule has 1 aliphatic heterocycles. The highest BCUT2D eigenvalue weighted by molar-refractivity contribution is 5.85. The van der Waals surface area contributed by atoms with E-state index >= 15 is 0 Å². The van der Waals surface area contributed by atoms with Gasteiger partial charge in [0.2, 0.25) is 0 Å². The topological polar surface area (TPSA) is 152 Å². The maximum absolute atomic E-state index is 11.5. The molecular formula is C13H17N5O6. The maximum Gasteiger partial charge on any atom is 0.412 e. The van der Waals surface area contributed by atoms with E-state index in [9.17, 15) is 15.0 Å². The zero-order valence-corrected chi connectivity index (χ0v) is 12.7. The zero-order valence-electron chi connectivity index (χ0n) is 12.7. The maximum atomic E-state index is 11.5. The van der Waals surface area contributed by atoms with Crippen molar-refractivity contribution in [3.8, 4) is 0 Å². The average Bonchev–Trinajstić information content (AvgIpc) is 3.09. The predicted molar refractivity (Wildman–Crippen MR) is 79.0 cm³/mol. The molecule has 0 spiro atoms. The van der Waals surface area contributed by atoms with Gasteiger partial charge in [0.1, 0.15) is 29.6 Å². The Labute approximate surface area is 135 Å². The van der Waals surface area contributed by atoms with Crippen molar-refractivity contribution in [3.05, 3.63) is 12.1 Å². The normalized spacial score (nSPS) is 26.7. The van der Waals surface area contributed by atoms with Crippen molar-refractivity contribution in [1.82, 2.24) is 20.0 Å². The number of fused-ring (bicyclic) bond motifs is 1. The summed E-state index contributed by atoms with van der Waals surface area (Å²) in [7, 11) is 0. The van der Waals surface area contributed by atoms with E-state index in [1.807, 2.05) is 0 Å². The van der Waals surface area contributed by atoms with Crippen molar-refractivity contribution < 1.29 is 29.6 Å². The van der Waals surface area contributed by atoms with Crippen LogP contribution in [0.25, 0.3) is 11.2 Å². The zero-order chi connectivity index (χ0) is 17.3. The van der Waals surface area contributed by atoms with Crippen LogP contribution in [0.4, 0.5) is 10.6 Å². The number of hydrogen-bond acceptors (Lipinski definition) is 9. The molecule has 0 aliphatic carbocycles. The lowest BCUT2D eigenvalue weighted by Gasteiger charge is -2.14. The Kier molecular flexibility index (Phi) is 4.57. The first-order valence-corrected chi connectivity index (χ1v) is 7.33. The van der Waals surface area contributed by atoms with Gasteiger partial charge in [0.05, 0.1) is 13.2 Å². The molecule has 3 rings (SSSR count). The number of nitrogens with zero attached hydrogens (tertiary/aromatic N) is 4. The van der Waals surface area contributed by atoms with E-state index in [2.05, 4.69) is 20.6 Å². The smallest absolute Gasteiger partial charge is 0.412 e. The summed E-state index contributed by atoms with van der Waals surface area (Å²) in [6, 6.07) is 3.10. The van der Waals surface area contributed by atoms with Crippen LogP contribution >= 0.6 is 0 Å². The molecule has 1 saturated heterocycles. The summed E-state index contributed by atoms with van der Waals surface area (Å²) in [5.41, 5.74) is 0.640. The standard InChI is InChI=1S/C13H17N5O6/c1-2-23-13(22)15-8-4-3-6-11(14-8)18(17-16-6)12-10(21)9(20)7(5-19)24-12/h3-4,7,9-10,12,19-21H,2,5H2,1H3,(H,14,15,22)/t7-,9-,10-,12-/m1/s1. The molecule has 24 heavy (non-hydrogen) atoms. The van der Waals surface area contributed by atoms with Gasteiger partial charge in [-0.3, -0.25) is 5.32 Å². The Morgan fingerprint density at radius 3 is 2.88 bits per heavy atom. The Bertz CT molecular complexity index is 737. The van der Waals surface area contributed by atoms with Gasteiger partial charge in [-0.2, -0.15) is 4.68 Å². The molecule has 4 N–H and O–H groups in total. The minimum Gasteiger partial charge on any atom is -0.450 e. The molecule has 1 aliphatic rings. The number of aliphatic hydroxyl groups is 3. The van der Waals surface area contributed by atoms with Crippen LogP contribution in [-0.4, -0.2) is 72.9 Å². The molecule has 11 heteroatoms. The molecule has 0 unspecified atom stereocenters. The van der Waals surface area contributed by atoms with E-state index < -0.39 is 37.2 Å². The van der Waals surface area contributed by atoms with Gasteiger partial charge in [-0.1, -0.05) is 5.21 Å². The minimum atomic E-state index is -1.31. The monoisotopic (exact) mass is 339 g/mol. The molecule has 0 bridgehead atoms. The highest BCUT2D eigenvalue weighted by Gasteiger charge is 2.44. The number of rotatable bonds is 4. The van der Waals surface area contributed by atoms with Crippen LogP contribution in [0.2, 0.25) is 0 Å². The highest BCUT2D eigenvalue weighted by atomic mass is 16.6. The average molecular weight is 339 g/mol. The first-order chi connectivity index (χ1) is 11.5. The SMILES string of the molecule is CCOC(=O)Nc1ccc2nnn([C@@H]3O[C@H](CO)[C@@H](O)[C@H]3O)c2n1. The van der Waals surface area contributed by atoms with Gasteiger partial charge in [0, 0.05) is 0 Å². The van der Waals surface area contributed by atoms with Crippen LogP contribution in [0.15, 0.2) is 12.1 Å². The Morgan fingerprint density at radius 1 is 1.42 bits per heavy atom. The van der Waals surface area contributed by atoms with Gasteiger partial charge in [-0.25, -0.2) is 9.78 Å². The quantitative estimate of drug-likeness (QED) is 0.550. The molecule has 3 heterocycles. The van der Waals surface area contributed by atoms with Crippen LogP contribution in [-0.2, 0) is 9.47 Å². The van der Waals surface area contributed by atoms with Gasteiger partial charge >= 0.3 is 6.09 Å². The molecule has 2 aromatic heterocycles. The summed E-state index contributed by atoms with van der Waals surface area (Å²) in [5, 5.41) is 39.3. The Morgan fingerprint density at radius 2 is 2.21 bits per heavy atom. The number of anilines is 1. The van der Waals surface area contributed by atoms with Crippen LogP contribution in [0.3, 0.4) is 0 Å². The molecule has 0 saturated carbocycles. The van der Waals surface area contributed by atoms with E-state index in [4.69, 9.17) is 14.6 Å². The molecule has 11 nitrogen and oxygen atoms in total. The largest absolute Gasteiger partial charge is 0.450 e. The first kappa shape index (κ1) is 16.5. The number of carbonyl (C=O) groups is 1. The number of amides is 1. The second kappa shape index (κ2) is 6.65. The third kappa shape index (κ3) is 2.89. The number of aliphatic hydroxyl groups excluding tert-OH is 3. The highest BCUT2D eigenvalue weighted by Crippen LogP contribution is 2.30. The summed E-state index contributed by atoms with van der Waals surface area (Å²) in [6.45, 7) is 1.44. The number of pyridine rings is 1. The summed E-state index contributed by atoms with van der Waals surface area (Å²) in [4.78, 5) is 15.7. The fraction of sp³-hybridized carbons (Fsp3) is 0.538. The summed E-state index contributed by atoms with van der Waals surface area (Å²) in [6.07, 6.45) is -5.23. The Hall–Kier alpha value is -2.34. The minimum absolute atomic E-state index is 0.205. The summed E-state index contributed by atoms with van der Waals surface area (Å²) >= 11 is 0. The van der Waals surface area contributed by atoms with Crippen molar-refractivity contribution in [2.45, 2.75) is 31.5 Å². The van der Waals surface area contributed by atoms with Gasteiger partial charge in [0.15, 0.2) is 11.9 Å². The number of carbonyl (C=O) groups excluding carboxylic acids is 1. The lowest BCUT2D eigenvalue weighted by Crippen LogP contribution is -2.33. The van der Waals surface area contributed by atoms with Crippen molar-refractivity contribution in [2.24, 2.45) is 0 Å². The summed E-state index contributed by atoms with van der Waals surface area (Å²) < 4.78 is 11.4. The number of aromatic nitrogens is 4. The lowest BCUT2D eigenvalue weighted by atomic mass is 10.1. The molecule has 4 atom stereocenters. The number of nitrogens with one attached hydrogen (secondary N) is 1. The summed E-state index contributed by atoms with van der Waals surface area (Å²) in [5.74, 6) is 0.205. The number of ether oxygens (including phenoxy) is 2. The number of hydrogen-bond donors (Lipinski definition) is 4. The van der Waals surface area contributed by atoms with Crippen molar-refractivity contribution in [1.29, 1.82) is 0 Å². The van der Waals surface area contributed by atoms with E-state index in [0.29, 0.717) is 5.52 Å². The molecule has 0 aromatic carbocycles. The molecule has 2 aromatic rings. The van der Waals surface area contributed by atoms with Crippen LogP contribution in [0.5, 0.6) is 0 Å². The predicted octanol–water partition coefficient (Wildman–Crippen LogP) is -0.994. The van der Waals surface area contributed by atoms with E-state index in [-0.39, 0.29) is 18.1 Å². The second-order valence-electron chi connectivity index (χ2n) is 5.15. The van der Waals surface area contributed by atoms with Gasteiger partial charge in [-0.15, -0.1) is 5.10 Å². The third-order valence-corrected chi connectivity index (χ3v) is 3.58. The van der Waals surface area contributed by atoms with E-state index in [0.717, 1.165) is 0 Å². The van der Waals surface area contributed by atoms with Gasteiger partial charge in [0.25, 0.3) is 0 Å². The second-order valence-corrected chi connectivity index (χ2v) is 5.15. The first-order valence-electron chi connectivity index (χ1n) is 7.33. The third-order valence-electron chi connectivity index (χ3n) is 3.58. The fourth-order valence-electron chi connectivity index (χ4n) is 2.42. The van der Waals surface area contributed by atoms with Crippen molar-refractivity contribution >= 4 is 23.1 Å². The fourth-order valence-corrected chi connectivity index (χ4v) is 2.42. The van der Waals surface area contributed by atoms with Crippen molar-refractivity contribution in [3.63, 3.8) is 0 Å². The van der Waals surface area contributed by atoms with E-state index in [1.165, 1.54) is 10.7 Å². The molecule has 1 fully saturated rings. The van der Waals surface area contributed by atoms with E-state index in [1.54, 1.807) is 13.0 Å². The van der Waals surface area contributed by atoms with Crippen molar-refractivity contribution in [2.75, 3.05) is 18.5 Å². The molecule has 0 radical (unpaired) electrons. The van der Waals surface area contributed by atoms with Crippen LogP contribution in [0, 0.1) is 0 Å². The molecular weight excluding hydrogens is 322 g/mol. The van der Waals surface area contributed by atoms with Crippen LogP contribution < -0.4 is 5.32 Å². The van der Waals surface area contributed by atoms with Gasteiger partial charge < -0.3 is 24.8 Å². The lowest BCUT2D eigenvalue weighted by molar-refractivity contribution is -0.0574. The molecule has 1 amide bonds. The Balaban J connectivity index is 1.90.